The maximum atomic E-state index is 11.5. The van der Waals surface area contributed by atoms with Gasteiger partial charge in [0.05, 0.1) is 11.5 Å². The highest BCUT2D eigenvalue weighted by Crippen LogP contribution is 2.41. The summed E-state index contributed by atoms with van der Waals surface area (Å²) in [6.45, 7) is 3.98. The van der Waals surface area contributed by atoms with Gasteiger partial charge in [0.1, 0.15) is 0 Å². The van der Waals surface area contributed by atoms with Gasteiger partial charge in [-0.1, -0.05) is 36.4 Å². The molecule has 1 heterocycles. The maximum Gasteiger partial charge on any atom is 0.228 e. The second-order valence-corrected chi connectivity index (χ2v) is 5.23. The van der Waals surface area contributed by atoms with Gasteiger partial charge < -0.3 is 5.32 Å². The Hall–Kier alpha value is -1.83. The number of hydrogen-bond donors (Lipinski definition) is 1. The number of β-lactam (4-membered cyclic amide) rings is 1. The van der Waals surface area contributed by atoms with E-state index in [0.717, 1.165) is 0 Å². The molecule has 0 saturated carbocycles. The van der Waals surface area contributed by atoms with Crippen LogP contribution < -0.4 is 5.32 Å². The van der Waals surface area contributed by atoms with Crippen molar-refractivity contribution in [3.05, 3.63) is 48.0 Å². The van der Waals surface area contributed by atoms with Gasteiger partial charge in [0.15, 0.2) is 0 Å². The molecule has 0 radical (unpaired) electrons. The third-order valence-corrected chi connectivity index (χ3v) is 3.69. The predicted octanol–water partition coefficient (Wildman–Crippen LogP) is 3.04. The molecule has 1 fully saturated rings. The second kappa shape index (κ2) is 3.33. The van der Waals surface area contributed by atoms with Gasteiger partial charge >= 0.3 is 0 Å². The van der Waals surface area contributed by atoms with E-state index in [-0.39, 0.29) is 17.4 Å². The highest BCUT2D eigenvalue weighted by atomic mass is 16.2. The van der Waals surface area contributed by atoms with E-state index in [1.807, 2.05) is 26.0 Å². The van der Waals surface area contributed by atoms with E-state index in [2.05, 4.69) is 35.6 Å². The van der Waals surface area contributed by atoms with Crippen molar-refractivity contribution in [2.75, 3.05) is 0 Å². The molecule has 0 aromatic heterocycles. The summed E-state index contributed by atoms with van der Waals surface area (Å²) >= 11 is 0. The van der Waals surface area contributed by atoms with Gasteiger partial charge in [-0.25, -0.2) is 0 Å². The predicted molar refractivity (Wildman–Crippen MR) is 68.6 cm³/mol. The lowest BCUT2D eigenvalue weighted by Gasteiger charge is -2.44. The van der Waals surface area contributed by atoms with Crippen molar-refractivity contribution >= 4 is 16.7 Å². The van der Waals surface area contributed by atoms with Crippen LogP contribution in [0.4, 0.5) is 0 Å². The molecule has 1 N–H and O–H groups in total. The number of hydrogen-bond acceptors (Lipinski definition) is 1. The molecule has 0 bridgehead atoms. The van der Waals surface area contributed by atoms with Crippen molar-refractivity contribution < 1.29 is 4.79 Å². The Bertz CT molecular complexity index is 601. The topological polar surface area (TPSA) is 29.1 Å². The summed E-state index contributed by atoms with van der Waals surface area (Å²) in [5, 5.41) is 5.43. The minimum atomic E-state index is -0.289. The van der Waals surface area contributed by atoms with Crippen LogP contribution in [-0.2, 0) is 4.79 Å². The maximum absolute atomic E-state index is 11.5. The zero-order valence-electron chi connectivity index (χ0n) is 10.0. The van der Waals surface area contributed by atoms with Gasteiger partial charge in [-0.3, -0.25) is 4.79 Å². The van der Waals surface area contributed by atoms with Crippen LogP contribution in [0.5, 0.6) is 0 Å². The van der Waals surface area contributed by atoms with E-state index in [9.17, 15) is 4.79 Å². The fourth-order valence-electron chi connectivity index (χ4n) is 2.44. The van der Waals surface area contributed by atoms with Gasteiger partial charge in [-0.2, -0.15) is 0 Å². The van der Waals surface area contributed by atoms with Gasteiger partial charge in [0.2, 0.25) is 5.91 Å². The second-order valence-electron chi connectivity index (χ2n) is 5.23. The van der Waals surface area contributed by atoms with Crippen LogP contribution >= 0.6 is 0 Å². The first-order valence-corrected chi connectivity index (χ1v) is 5.89. The van der Waals surface area contributed by atoms with Crippen molar-refractivity contribution in [1.29, 1.82) is 0 Å². The minimum absolute atomic E-state index is 0.135. The Balaban J connectivity index is 2.05. The Morgan fingerprint density at radius 3 is 2.41 bits per heavy atom. The van der Waals surface area contributed by atoms with E-state index in [4.69, 9.17) is 0 Å². The minimum Gasteiger partial charge on any atom is -0.348 e. The van der Waals surface area contributed by atoms with Crippen LogP contribution in [0.25, 0.3) is 10.8 Å². The lowest BCUT2D eigenvalue weighted by atomic mass is 9.73. The van der Waals surface area contributed by atoms with Crippen LogP contribution in [-0.4, -0.2) is 5.91 Å². The average Bonchev–Trinajstić information content (AvgIpc) is 2.35. The fourth-order valence-corrected chi connectivity index (χ4v) is 2.44. The van der Waals surface area contributed by atoms with Gasteiger partial charge in [0, 0.05) is 0 Å². The highest BCUT2D eigenvalue weighted by Gasteiger charge is 2.47. The van der Waals surface area contributed by atoms with Crippen LogP contribution in [0.2, 0.25) is 0 Å². The molecule has 1 aliphatic heterocycles. The molecule has 2 nitrogen and oxygen atoms in total. The number of amides is 1. The molecule has 2 aromatic rings. The fraction of sp³-hybridized carbons (Fsp3) is 0.267. The molecule has 86 valence electrons. The van der Waals surface area contributed by atoms with E-state index in [1.54, 1.807) is 0 Å². The Morgan fingerprint density at radius 2 is 1.76 bits per heavy atom. The smallest absolute Gasteiger partial charge is 0.228 e. The molecule has 1 atom stereocenters. The van der Waals surface area contributed by atoms with Crippen molar-refractivity contribution in [1.82, 2.24) is 5.32 Å². The summed E-state index contributed by atoms with van der Waals surface area (Å²) in [5.74, 6) is 0.135. The highest BCUT2D eigenvalue weighted by molar-refractivity contribution is 5.90. The zero-order valence-corrected chi connectivity index (χ0v) is 10.0. The summed E-state index contributed by atoms with van der Waals surface area (Å²) in [5.41, 5.74) is 0.899. The standard InChI is InChI=1S/C15H15NO/c1-15(2)13(16-14(15)17)12-8-7-10-5-3-4-6-11(10)9-12/h3-9,13H,1-2H3,(H,16,17). The first-order chi connectivity index (χ1) is 8.09. The lowest BCUT2D eigenvalue weighted by Crippen LogP contribution is -2.57. The van der Waals surface area contributed by atoms with Crippen LogP contribution in [0.15, 0.2) is 42.5 Å². The SMILES string of the molecule is CC1(C)C(=O)NC1c1ccc2ccccc2c1. The molecule has 17 heavy (non-hydrogen) atoms. The molecule has 1 aliphatic rings. The number of nitrogens with one attached hydrogen (secondary N) is 1. The Morgan fingerprint density at radius 1 is 1.06 bits per heavy atom. The first kappa shape index (κ1) is 10.3. The van der Waals surface area contributed by atoms with E-state index >= 15 is 0 Å². The van der Waals surface area contributed by atoms with Gasteiger partial charge in [-0.05, 0) is 36.2 Å². The lowest BCUT2D eigenvalue weighted by molar-refractivity contribution is -0.143. The Labute approximate surface area is 101 Å². The number of benzene rings is 2. The van der Waals surface area contributed by atoms with Crippen LogP contribution in [0.1, 0.15) is 25.5 Å². The van der Waals surface area contributed by atoms with E-state index in [0.29, 0.717) is 0 Å². The monoisotopic (exact) mass is 225 g/mol. The normalized spacial score (nSPS) is 22.0. The average molecular weight is 225 g/mol. The molecular weight excluding hydrogens is 210 g/mol. The summed E-state index contributed by atoms with van der Waals surface area (Å²) in [6, 6.07) is 14.8. The molecule has 1 unspecified atom stereocenters. The third-order valence-electron chi connectivity index (χ3n) is 3.69. The van der Waals surface area contributed by atoms with Crippen molar-refractivity contribution in [2.45, 2.75) is 19.9 Å². The Kier molecular flexibility index (Phi) is 2.02. The van der Waals surface area contributed by atoms with Gasteiger partial charge in [0.25, 0.3) is 0 Å². The van der Waals surface area contributed by atoms with Gasteiger partial charge in [-0.15, -0.1) is 0 Å². The summed E-state index contributed by atoms with van der Waals surface area (Å²) in [7, 11) is 0. The van der Waals surface area contributed by atoms with E-state index < -0.39 is 0 Å². The molecular formula is C15H15NO. The quantitative estimate of drug-likeness (QED) is 0.742. The molecule has 3 rings (SSSR count). The van der Waals surface area contributed by atoms with E-state index in [1.165, 1.54) is 16.3 Å². The number of rotatable bonds is 1. The van der Waals surface area contributed by atoms with Crippen LogP contribution in [0.3, 0.4) is 0 Å². The number of fused-ring (bicyclic) bond motifs is 1. The molecule has 2 aromatic carbocycles. The van der Waals surface area contributed by atoms with Crippen molar-refractivity contribution in [3.63, 3.8) is 0 Å². The zero-order chi connectivity index (χ0) is 12.0. The largest absolute Gasteiger partial charge is 0.348 e. The molecule has 2 heteroatoms. The van der Waals surface area contributed by atoms with Crippen molar-refractivity contribution in [2.24, 2.45) is 5.41 Å². The molecule has 1 amide bonds. The van der Waals surface area contributed by atoms with Crippen molar-refractivity contribution in [3.8, 4) is 0 Å². The number of carbonyl (C=O) groups excluding carboxylic acids is 1. The van der Waals surface area contributed by atoms with Crippen LogP contribution in [0, 0.1) is 5.41 Å². The molecule has 0 spiro atoms. The summed E-state index contributed by atoms with van der Waals surface area (Å²) in [6.07, 6.45) is 0. The third kappa shape index (κ3) is 1.44. The summed E-state index contributed by atoms with van der Waals surface area (Å²) in [4.78, 5) is 11.5. The number of carbonyl (C=O) groups is 1. The molecule has 1 saturated heterocycles. The summed E-state index contributed by atoms with van der Waals surface area (Å²) < 4.78 is 0. The first-order valence-electron chi connectivity index (χ1n) is 5.89. The molecule has 0 aliphatic carbocycles.